The highest BCUT2D eigenvalue weighted by Gasteiger charge is 2.55. The predicted octanol–water partition coefficient (Wildman–Crippen LogP) is 2.07. The van der Waals surface area contributed by atoms with Gasteiger partial charge in [0.15, 0.2) is 0 Å². The van der Waals surface area contributed by atoms with Crippen LogP contribution in [0, 0.1) is 12.8 Å². The zero-order chi connectivity index (χ0) is 22.9. The quantitative estimate of drug-likeness (QED) is 0.517. The lowest BCUT2D eigenvalue weighted by molar-refractivity contribution is -0.136. The van der Waals surface area contributed by atoms with Gasteiger partial charge in [0.1, 0.15) is 22.0 Å². The van der Waals surface area contributed by atoms with Crippen molar-refractivity contribution < 1.29 is 33.4 Å². The first-order chi connectivity index (χ1) is 14.7. The largest absolute Gasteiger partial charge is 0.465 e. The van der Waals surface area contributed by atoms with Gasteiger partial charge in [0.2, 0.25) is 5.91 Å². The van der Waals surface area contributed by atoms with Gasteiger partial charge in [-0.1, -0.05) is 19.8 Å². The van der Waals surface area contributed by atoms with Crippen LogP contribution in [0.25, 0.3) is 0 Å². The van der Waals surface area contributed by atoms with Crippen molar-refractivity contribution in [1.82, 2.24) is 10.2 Å². The standard InChI is InChI=1S/C20H25N3O7S/c1-10-7-5-6-8-20(10)18(27)23(19(28)22-20)9-12(24)21-15-13(16(25)29-3)11(2)14(31-15)17(26)30-4/h10H,5-9H2,1-4H3,(H,21,24)(H,22,28)/t10-,20+/m0/s1. The van der Waals surface area contributed by atoms with E-state index in [0.717, 1.165) is 35.5 Å². The van der Waals surface area contributed by atoms with Crippen LogP contribution >= 0.6 is 11.3 Å². The molecule has 1 aromatic rings. The SMILES string of the molecule is COC(=O)c1sc(NC(=O)CN2C(=O)N[C@@]3(CCCC[C@@H]3C)C2=O)c(C(=O)OC)c1C. The molecule has 2 N–H and O–H groups in total. The van der Waals surface area contributed by atoms with Crippen molar-refractivity contribution in [3.05, 3.63) is 16.0 Å². The molecule has 1 saturated carbocycles. The summed E-state index contributed by atoms with van der Waals surface area (Å²) in [5.41, 5.74) is -0.635. The molecule has 0 bridgehead atoms. The van der Waals surface area contributed by atoms with Gasteiger partial charge >= 0.3 is 18.0 Å². The number of carbonyl (C=O) groups excluding carboxylic acids is 5. The molecule has 10 nitrogen and oxygen atoms in total. The number of rotatable bonds is 5. The van der Waals surface area contributed by atoms with Crippen molar-refractivity contribution in [2.24, 2.45) is 5.92 Å². The Morgan fingerprint density at radius 1 is 1.19 bits per heavy atom. The molecule has 1 aliphatic carbocycles. The van der Waals surface area contributed by atoms with E-state index in [2.05, 4.69) is 10.6 Å². The highest BCUT2D eigenvalue weighted by Crippen LogP contribution is 2.38. The number of esters is 2. The Bertz CT molecular complexity index is 957. The fraction of sp³-hybridized carbons (Fsp3) is 0.550. The number of nitrogens with one attached hydrogen (secondary N) is 2. The van der Waals surface area contributed by atoms with Gasteiger partial charge in [0.25, 0.3) is 5.91 Å². The summed E-state index contributed by atoms with van der Waals surface area (Å²) in [6, 6.07) is -0.611. The summed E-state index contributed by atoms with van der Waals surface area (Å²) in [5.74, 6) is -2.50. The van der Waals surface area contributed by atoms with Gasteiger partial charge in [-0.3, -0.25) is 14.5 Å². The van der Waals surface area contributed by atoms with Crippen molar-refractivity contribution in [2.45, 2.75) is 45.1 Å². The molecule has 2 heterocycles. The molecule has 1 spiro atoms. The zero-order valence-corrected chi connectivity index (χ0v) is 18.6. The number of nitrogens with zero attached hydrogens (tertiary/aromatic N) is 1. The first kappa shape index (κ1) is 22.7. The minimum atomic E-state index is -0.968. The van der Waals surface area contributed by atoms with Gasteiger partial charge in [-0.15, -0.1) is 11.3 Å². The molecule has 1 saturated heterocycles. The number of hydrogen-bond donors (Lipinski definition) is 2. The molecule has 0 aromatic carbocycles. The number of urea groups is 1. The van der Waals surface area contributed by atoms with E-state index >= 15 is 0 Å². The molecule has 3 rings (SSSR count). The molecule has 4 amide bonds. The summed E-state index contributed by atoms with van der Waals surface area (Å²) in [4.78, 5) is 63.4. The van der Waals surface area contributed by atoms with E-state index in [1.165, 1.54) is 21.1 Å². The van der Waals surface area contributed by atoms with Gasteiger partial charge in [-0.2, -0.15) is 0 Å². The lowest BCUT2D eigenvalue weighted by Gasteiger charge is -2.36. The number of hydrogen-bond acceptors (Lipinski definition) is 8. The van der Waals surface area contributed by atoms with E-state index in [-0.39, 0.29) is 21.4 Å². The number of amides is 4. The van der Waals surface area contributed by atoms with E-state index in [1.54, 1.807) is 0 Å². The van der Waals surface area contributed by atoms with Crippen LogP contribution in [-0.2, 0) is 19.1 Å². The molecule has 168 valence electrons. The summed E-state index contributed by atoms with van der Waals surface area (Å²) in [6.07, 6.45) is 3.17. The Labute approximate surface area is 183 Å². The lowest BCUT2D eigenvalue weighted by Crippen LogP contribution is -2.54. The third-order valence-electron chi connectivity index (χ3n) is 5.96. The van der Waals surface area contributed by atoms with Crippen LogP contribution in [-0.4, -0.2) is 61.0 Å². The number of imide groups is 1. The summed E-state index contributed by atoms with van der Waals surface area (Å²) in [5, 5.41) is 5.41. The Morgan fingerprint density at radius 3 is 2.48 bits per heavy atom. The molecule has 11 heteroatoms. The normalized spacial score (nSPS) is 23.0. The van der Waals surface area contributed by atoms with Crippen LogP contribution < -0.4 is 10.6 Å². The van der Waals surface area contributed by atoms with Crippen LogP contribution in [0.2, 0.25) is 0 Å². The first-order valence-electron chi connectivity index (χ1n) is 9.90. The maximum absolute atomic E-state index is 13.0. The third kappa shape index (κ3) is 3.89. The molecule has 2 atom stereocenters. The maximum atomic E-state index is 13.0. The molecule has 31 heavy (non-hydrogen) atoms. The Kier molecular flexibility index (Phi) is 6.35. The van der Waals surface area contributed by atoms with Crippen molar-refractivity contribution in [3.8, 4) is 0 Å². The first-order valence-corrected chi connectivity index (χ1v) is 10.7. The predicted molar refractivity (Wildman–Crippen MR) is 111 cm³/mol. The number of thiophene rings is 1. The van der Waals surface area contributed by atoms with Gasteiger partial charge < -0.3 is 20.1 Å². The van der Waals surface area contributed by atoms with Gasteiger partial charge in [-0.25, -0.2) is 14.4 Å². The smallest absolute Gasteiger partial charge is 0.348 e. The molecule has 0 unspecified atom stereocenters. The van der Waals surface area contributed by atoms with Crippen LogP contribution in [0.3, 0.4) is 0 Å². The van der Waals surface area contributed by atoms with E-state index in [1.807, 2.05) is 6.92 Å². The minimum absolute atomic E-state index is 0.0239. The highest BCUT2D eigenvalue weighted by molar-refractivity contribution is 7.18. The average molecular weight is 452 g/mol. The van der Waals surface area contributed by atoms with E-state index in [0.29, 0.717) is 12.0 Å². The van der Waals surface area contributed by atoms with Crippen molar-refractivity contribution in [2.75, 3.05) is 26.1 Å². The molecule has 2 aliphatic rings. The fourth-order valence-electron chi connectivity index (χ4n) is 4.19. The number of carbonyl (C=O) groups is 5. The van der Waals surface area contributed by atoms with Crippen molar-refractivity contribution in [1.29, 1.82) is 0 Å². The number of anilines is 1. The molecule has 2 fully saturated rings. The van der Waals surface area contributed by atoms with Gasteiger partial charge in [0.05, 0.1) is 19.8 Å². The maximum Gasteiger partial charge on any atom is 0.348 e. The van der Waals surface area contributed by atoms with E-state index in [4.69, 9.17) is 9.47 Å². The van der Waals surface area contributed by atoms with Crippen LogP contribution in [0.4, 0.5) is 9.80 Å². The average Bonchev–Trinajstić information content (AvgIpc) is 3.18. The molecular weight excluding hydrogens is 426 g/mol. The van der Waals surface area contributed by atoms with Gasteiger partial charge in [-0.05, 0) is 31.2 Å². The van der Waals surface area contributed by atoms with Crippen LogP contribution in [0.1, 0.15) is 58.2 Å². The summed E-state index contributed by atoms with van der Waals surface area (Å²) < 4.78 is 9.47. The monoisotopic (exact) mass is 451 g/mol. The highest BCUT2D eigenvalue weighted by atomic mass is 32.1. The van der Waals surface area contributed by atoms with Crippen LogP contribution in [0.5, 0.6) is 0 Å². The molecule has 0 radical (unpaired) electrons. The van der Waals surface area contributed by atoms with Crippen LogP contribution in [0.15, 0.2) is 0 Å². The third-order valence-corrected chi connectivity index (χ3v) is 7.15. The second kappa shape index (κ2) is 8.66. The van der Waals surface area contributed by atoms with E-state index < -0.39 is 41.9 Å². The Balaban J connectivity index is 1.81. The van der Waals surface area contributed by atoms with E-state index in [9.17, 15) is 24.0 Å². The molecule has 1 aromatic heterocycles. The Morgan fingerprint density at radius 2 is 1.87 bits per heavy atom. The number of methoxy groups -OCH3 is 2. The lowest BCUT2D eigenvalue weighted by atomic mass is 9.73. The topological polar surface area (TPSA) is 131 Å². The van der Waals surface area contributed by atoms with Crippen molar-refractivity contribution in [3.63, 3.8) is 0 Å². The summed E-state index contributed by atoms with van der Waals surface area (Å²) in [6.45, 7) is 2.95. The zero-order valence-electron chi connectivity index (χ0n) is 17.8. The number of ether oxygens (including phenoxy) is 2. The summed E-state index contributed by atoms with van der Waals surface area (Å²) in [7, 11) is 2.39. The van der Waals surface area contributed by atoms with Gasteiger partial charge in [0, 0.05) is 0 Å². The molecule has 1 aliphatic heterocycles. The van der Waals surface area contributed by atoms with Crippen molar-refractivity contribution >= 4 is 46.1 Å². The Hall–Kier alpha value is -2.95. The minimum Gasteiger partial charge on any atom is -0.465 e. The molecular formula is C20H25N3O7S. The fourth-order valence-corrected chi connectivity index (χ4v) is 5.31. The second-order valence-corrected chi connectivity index (χ2v) is 8.75. The second-order valence-electron chi connectivity index (χ2n) is 7.73. The summed E-state index contributed by atoms with van der Waals surface area (Å²) >= 11 is 0.861.